The third-order valence-electron chi connectivity index (χ3n) is 5.85. The molecule has 0 N–H and O–H groups in total. The van der Waals surface area contributed by atoms with Crippen molar-refractivity contribution in [3.05, 3.63) is 92.7 Å². The Labute approximate surface area is 236 Å². The highest BCUT2D eigenvalue weighted by Gasteiger charge is 2.23. The van der Waals surface area contributed by atoms with Crippen molar-refractivity contribution >= 4 is 60.7 Å². The average Bonchev–Trinajstić information content (AvgIpc) is 3.24. The summed E-state index contributed by atoms with van der Waals surface area (Å²) in [7, 11) is -3.75. The summed E-state index contributed by atoms with van der Waals surface area (Å²) in [6, 6.07) is 18.7. The number of sulfonamides is 1. The van der Waals surface area contributed by atoms with Crippen LogP contribution in [-0.4, -0.2) is 43.0 Å². The molecule has 200 valence electrons. The second-order valence-corrected chi connectivity index (χ2v) is 12.1. The fraction of sp³-hybridized carbons (Fsp3) is 0.259. The van der Waals surface area contributed by atoms with Crippen LogP contribution in [0.25, 0.3) is 10.2 Å². The topological polar surface area (TPSA) is 81.0 Å². The third-order valence-corrected chi connectivity index (χ3v) is 9.32. The molecule has 0 aliphatic rings. The number of carbonyl (C=O) groups excluding carboxylic acids is 1. The van der Waals surface area contributed by atoms with Crippen LogP contribution in [0.2, 0.25) is 10.0 Å². The van der Waals surface area contributed by atoms with Crippen molar-refractivity contribution in [1.82, 2.24) is 8.87 Å². The van der Waals surface area contributed by atoms with E-state index in [2.05, 4.69) is 4.99 Å². The Hall–Kier alpha value is -2.53. The lowest BCUT2D eigenvalue weighted by molar-refractivity contribution is 0.0996. The zero-order valence-electron chi connectivity index (χ0n) is 20.9. The first-order valence-corrected chi connectivity index (χ1v) is 15.0. The van der Waals surface area contributed by atoms with Crippen molar-refractivity contribution in [2.45, 2.75) is 31.8 Å². The van der Waals surface area contributed by atoms with E-state index in [1.54, 1.807) is 19.1 Å². The third kappa shape index (κ3) is 6.36. The van der Waals surface area contributed by atoms with Gasteiger partial charge in [-0.05, 0) is 48.9 Å². The van der Waals surface area contributed by atoms with Crippen LogP contribution in [0.4, 0.5) is 0 Å². The van der Waals surface area contributed by atoms with E-state index >= 15 is 0 Å². The molecule has 0 aliphatic carbocycles. The predicted molar refractivity (Wildman–Crippen MR) is 152 cm³/mol. The van der Waals surface area contributed by atoms with Gasteiger partial charge in [-0.15, -0.1) is 0 Å². The van der Waals surface area contributed by atoms with Crippen molar-refractivity contribution in [2.75, 3.05) is 19.8 Å². The molecule has 0 aliphatic heterocycles. The van der Waals surface area contributed by atoms with Crippen LogP contribution in [0.5, 0.6) is 0 Å². The highest BCUT2D eigenvalue weighted by atomic mass is 35.5. The van der Waals surface area contributed by atoms with Crippen LogP contribution in [-0.2, 0) is 27.8 Å². The van der Waals surface area contributed by atoms with Gasteiger partial charge in [0.2, 0.25) is 10.0 Å². The van der Waals surface area contributed by atoms with Gasteiger partial charge in [0.05, 0.1) is 26.7 Å². The van der Waals surface area contributed by atoms with Gasteiger partial charge in [0.1, 0.15) is 0 Å². The molecule has 4 aromatic rings. The molecule has 0 fully saturated rings. The number of ether oxygens (including phenoxy) is 1. The minimum Gasteiger partial charge on any atom is -0.380 e. The van der Waals surface area contributed by atoms with Crippen LogP contribution in [0.15, 0.2) is 76.6 Å². The summed E-state index contributed by atoms with van der Waals surface area (Å²) in [6.07, 6.45) is 0. The van der Waals surface area contributed by atoms with Gasteiger partial charge in [-0.25, -0.2) is 8.42 Å². The number of hydrogen-bond donors (Lipinski definition) is 0. The zero-order valence-corrected chi connectivity index (χ0v) is 24.1. The maximum Gasteiger partial charge on any atom is 0.279 e. The lowest BCUT2D eigenvalue weighted by atomic mass is 10.2. The van der Waals surface area contributed by atoms with Crippen LogP contribution in [0.1, 0.15) is 29.8 Å². The van der Waals surface area contributed by atoms with Gasteiger partial charge in [0.15, 0.2) is 4.80 Å². The molecule has 0 saturated heterocycles. The summed E-state index contributed by atoms with van der Waals surface area (Å²) in [5, 5.41) is 0.948. The second-order valence-electron chi connectivity index (χ2n) is 8.33. The maximum absolute atomic E-state index is 13.2. The largest absolute Gasteiger partial charge is 0.380 e. The van der Waals surface area contributed by atoms with E-state index in [0.29, 0.717) is 41.1 Å². The van der Waals surface area contributed by atoms with Crippen molar-refractivity contribution in [3.63, 3.8) is 0 Å². The summed E-state index contributed by atoms with van der Waals surface area (Å²) in [5.74, 6) is -0.496. The number of halogens is 2. The van der Waals surface area contributed by atoms with Crippen molar-refractivity contribution in [2.24, 2.45) is 4.99 Å². The molecule has 11 heteroatoms. The molecule has 3 aromatic carbocycles. The zero-order chi connectivity index (χ0) is 27.3. The van der Waals surface area contributed by atoms with E-state index in [1.165, 1.54) is 39.9 Å². The second kappa shape index (κ2) is 12.5. The number of carbonyl (C=O) groups is 1. The number of thiazole rings is 1. The van der Waals surface area contributed by atoms with E-state index in [9.17, 15) is 13.2 Å². The van der Waals surface area contributed by atoms with Crippen LogP contribution in [0.3, 0.4) is 0 Å². The van der Waals surface area contributed by atoms with E-state index in [4.69, 9.17) is 27.9 Å². The molecular weight excluding hydrogens is 565 g/mol. The molecule has 1 aromatic heterocycles. The van der Waals surface area contributed by atoms with Crippen molar-refractivity contribution in [1.29, 1.82) is 0 Å². The Bertz CT molecular complexity index is 1600. The molecule has 0 bridgehead atoms. The highest BCUT2D eigenvalue weighted by Crippen LogP contribution is 2.30. The molecule has 38 heavy (non-hydrogen) atoms. The summed E-state index contributed by atoms with van der Waals surface area (Å²) in [5.41, 5.74) is 1.89. The first-order valence-electron chi connectivity index (χ1n) is 12.0. The average molecular weight is 593 g/mol. The summed E-state index contributed by atoms with van der Waals surface area (Å²) < 4.78 is 36.0. The van der Waals surface area contributed by atoms with Gasteiger partial charge in [-0.2, -0.15) is 9.30 Å². The molecule has 4 rings (SSSR count). The van der Waals surface area contributed by atoms with Gasteiger partial charge in [-0.3, -0.25) is 4.79 Å². The fourth-order valence-corrected chi connectivity index (χ4v) is 7.22. The van der Waals surface area contributed by atoms with Gasteiger partial charge < -0.3 is 9.30 Å². The van der Waals surface area contributed by atoms with Crippen LogP contribution < -0.4 is 4.80 Å². The predicted octanol–water partition coefficient (Wildman–Crippen LogP) is 6.00. The fourth-order valence-electron chi connectivity index (χ4n) is 3.95. The summed E-state index contributed by atoms with van der Waals surface area (Å²) in [6.45, 7) is 5.71. The minimum absolute atomic E-state index is 0.113. The van der Waals surface area contributed by atoms with Crippen molar-refractivity contribution < 1.29 is 17.9 Å². The number of nitrogens with zero attached hydrogens (tertiary/aromatic N) is 3. The van der Waals surface area contributed by atoms with Crippen molar-refractivity contribution in [3.8, 4) is 0 Å². The standard InChI is InChI=1S/C27H27Cl2N3O4S2/c1-3-31(18-19-8-6-5-7-9-19)38(34,35)22-12-10-20(11-13-22)26(33)30-27-32(14-15-36-4-2)25-23(29)16-21(28)17-24(25)37-27/h5-13,16-17H,3-4,14-15,18H2,1-2H3. The molecule has 0 unspecified atom stereocenters. The van der Waals surface area contributed by atoms with Gasteiger partial charge in [0.25, 0.3) is 5.91 Å². The number of hydrogen-bond acceptors (Lipinski definition) is 5. The lowest BCUT2D eigenvalue weighted by Crippen LogP contribution is -2.30. The SMILES string of the molecule is CCOCCn1c(=NC(=O)c2ccc(S(=O)(=O)N(CC)Cc3ccccc3)cc2)sc2cc(Cl)cc(Cl)c21. The quantitative estimate of drug-likeness (QED) is 0.212. The number of benzene rings is 3. The highest BCUT2D eigenvalue weighted by molar-refractivity contribution is 7.89. The minimum atomic E-state index is -3.75. The molecule has 0 spiro atoms. The Morgan fingerprint density at radius 2 is 1.76 bits per heavy atom. The molecule has 1 amide bonds. The van der Waals surface area contributed by atoms with Gasteiger partial charge in [-0.1, -0.05) is 71.8 Å². The Morgan fingerprint density at radius 3 is 2.42 bits per heavy atom. The molecule has 0 atom stereocenters. The normalized spacial score (nSPS) is 12.5. The molecular formula is C27H27Cl2N3O4S2. The first kappa shape index (κ1) is 28.5. The smallest absolute Gasteiger partial charge is 0.279 e. The number of aromatic nitrogens is 1. The maximum atomic E-state index is 13.2. The number of fused-ring (bicyclic) bond motifs is 1. The summed E-state index contributed by atoms with van der Waals surface area (Å²) >= 11 is 13.9. The van der Waals surface area contributed by atoms with Crippen LogP contribution in [0, 0.1) is 0 Å². The Balaban J connectivity index is 1.63. The van der Waals surface area contributed by atoms with E-state index in [1.807, 2.05) is 41.8 Å². The van der Waals surface area contributed by atoms with E-state index in [-0.39, 0.29) is 17.0 Å². The number of rotatable bonds is 10. The molecule has 1 heterocycles. The lowest BCUT2D eigenvalue weighted by Gasteiger charge is -2.20. The Kier molecular flexibility index (Phi) is 9.40. The number of amides is 1. The monoisotopic (exact) mass is 591 g/mol. The van der Waals surface area contributed by atoms with Gasteiger partial charge in [0, 0.05) is 36.8 Å². The molecule has 0 saturated carbocycles. The van der Waals surface area contributed by atoms with Gasteiger partial charge >= 0.3 is 0 Å². The Morgan fingerprint density at radius 1 is 1.05 bits per heavy atom. The van der Waals surface area contributed by atoms with E-state index < -0.39 is 15.9 Å². The van der Waals surface area contributed by atoms with E-state index in [0.717, 1.165) is 15.8 Å². The van der Waals surface area contributed by atoms with Crippen LogP contribution >= 0.6 is 34.5 Å². The summed E-state index contributed by atoms with van der Waals surface area (Å²) in [4.78, 5) is 18.0. The molecule has 0 radical (unpaired) electrons. The first-order chi connectivity index (χ1) is 18.2. The molecule has 7 nitrogen and oxygen atoms in total.